The minimum Gasteiger partial charge on any atom is -0.383 e. The van der Waals surface area contributed by atoms with Gasteiger partial charge in [-0.3, -0.25) is 14.6 Å². The number of urea groups is 1. The van der Waals surface area contributed by atoms with Gasteiger partial charge in [0.1, 0.15) is 11.9 Å². The number of aromatic nitrogens is 2. The molecule has 1 aromatic rings. The number of aliphatic imine (C=N–C) groups is 1. The number of imide groups is 1. The quantitative estimate of drug-likeness (QED) is 0.747. The standard InChI is InChI=1S/C15H22N5O3/c1-5-6-18-10(2)9-20-11-12(16-14(18)20)17(3)15(22)19(13(11)21)7-8-23-4/h9,11H,5-8H2,1-4H3/q+1. The summed E-state index contributed by atoms with van der Waals surface area (Å²) in [7, 11) is 3.20. The molecule has 3 heterocycles. The van der Waals surface area contributed by atoms with Crippen molar-refractivity contribution in [2.45, 2.75) is 32.9 Å². The molecule has 1 fully saturated rings. The number of aryl methyl sites for hydroxylation is 1. The first kappa shape index (κ1) is 15.7. The van der Waals surface area contributed by atoms with Crippen LogP contribution in [0.3, 0.4) is 0 Å². The zero-order chi connectivity index (χ0) is 16.7. The van der Waals surface area contributed by atoms with Crippen molar-refractivity contribution in [3.05, 3.63) is 11.9 Å². The number of carbonyl (C=O) groups is 2. The van der Waals surface area contributed by atoms with E-state index in [1.807, 2.05) is 17.7 Å². The highest BCUT2D eigenvalue weighted by molar-refractivity contribution is 6.19. The van der Waals surface area contributed by atoms with Crippen molar-refractivity contribution < 1.29 is 18.9 Å². The number of amides is 3. The summed E-state index contributed by atoms with van der Waals surface area (Å²) in [4.78, 5) is 32.5. The van der Waals surface area contributed by atoms with E-state index in [4.69, 9.17) is 4.74 Å². The number of nitrogens with zero attached hydrogens (tertiary/aromatic N) is 5. The number of hydrogen-bond donors (Lipinski definition) is 0. The van der Waals surface area contributed by atoms with E-state index in [-0.39, 0.29) is 18.5 Å². The Labute approximate surface area is 134 Å². The Morgan fingerprint density at radius 1 is 1.35 bits per heavy atom. The van der Waals surface area contributed by atoms with Gasteiger partial charge in [-0.1, -0.05) is 11.9 Å². The van der Waals surface area contributed by atoms with Crippen LogP contribution in [0.1, 0.15) is 25.1 Å². The van der Waals surface area contributed by atoms with Gasteiger partial charge in [0.15, 0.2) is 0 Å². The number of carbonyl (C=O) groups excluding carboxylic acids is 2. The molecule has 2 aliphatic rings. The Hall–Kier alpha value is -2.22. The minimum atomic E-state index is -0.568. The maximum atomic E-state index is 12.8. The smallest absolute Gasteiger partial charge is 0.383 e. The molecule has 8 heteroatoms. The van der Waals surface area contributed by atoms with E-state index in [2.05, 4.69) is 16.5 Å². The number of hydrogen-bond acceptors (Lipinski definition) is 4. The van der Waals surface area contributed by atoms with Crippen LogP contribution in [-0.4, -0.2) is 59.4 Å². The summed E-state index contributed by atoms with van der Waals surface area (Å²) in [6.45, 7) is 5.49. The van der Waals surface area contributed by atoms with Crippen molar-refractivity contribution in [3.8, 4) is 0 Å². The number of imidazole rings is 1. The van der Waals surface area contributed by atoms with Crippen LogP contribution in [0.5, 0.6) is 0 Å². The van der Waals surface area contributed by atoms with Gasteiger partial charge in [-0.2, -0.15) is 0 Å². The molecule has 2 aliphatic heterocycles. The molecule has 124 valence electrons. The second kappa shape index (κ2) is 5.77. The van der Waals surface area contributed by atoms with Crippen LogP contribution in [0.4, 0.5) is 10.7 Å². The van der Waals surface area contributed by atoms with Crippen LogP contribution >= 0.6 is 0 Å². The fourth-order valence-corrected chi connectivity index (χ4v) is 3.12. The predicted molar refractivity (Wildman–Crippen MR) is 82.5 cm³/mol. The van der Waals surface area contributed by atoms with Crippen LogP contribution in [0.15, 0.2) is 11.2 Å². The van der Waals surface area contributed by atoms with Crippen LogP contribution in [0.2, 0.25) is 0 Å². The summed E-state index contributed by atoms with van der Waals surface area (Å²) >= 11 is 0. The molecular formula is C15H22N5O3+. The van der Waals surface area contributed by atoms with Crippen LogP contribution in [-0.2, 0) is 16.1 Å². The minimum absolute atomic E-state index is 0.243. The third-order valence-corrected chi connectivity index (χ3v) is 4.29. The number of ether oxygens (including phenoxy) is 1. The Morgan fingerprint density at radius 2 is 2.09 bits per heavy atom. The Balaban J connectivity index is 2.02. The third kappa shape index (κ3) is 2.24. The van der Waals surface area contributed by atoms with Gasteiger partial charge >= 0.3 is 12.0 Å². The van der Waals surface area contributed by atoms with E-state index in [1.165, 1.54) is 9.80 Å². The van der Waals surface area contributed by atoms with Gasteiger partial charge in [-0.25, -0.2) is 13.9 Å². The topological polar surface area (TPSA) is 71.0 Å². The molecule has 1 atom stereocenters. The number of likely N-dealkylation sites (N-methyl/N-ethyl adjacent to an activating group) is 1. The molecular weight excluding hydrogens is 298 g/mol. The molecule has 0 aliphatic carbocycles. The van der Waals surface area contributed by atoms with Gasteiger partial charge in [0.05, 0.1) is 19.7 Å². The van der Waals surface area contributed by atoms with Crippen molar-refractivity contribution in [2.24, 2.45) is 4.99 Å². The predicted octanol–water partition coefficient (Wildman–Crippen LogP) is 0.619. The van der Waals surface area contributed by atoms with E-state index in [1.54, 1.807) is 14.2 Å². The van der Waals surface area contributed by atoms with Gasteiger partial charge in [-0.05, 0) is 13.3 Å². The van der Waals surface area contributed by atoms with Crippen LogP contribution in [0.25, 0.3) is 0 Å². The maximum Gasteiger partial charge on any atom is 0.401 e. The van der Waals surface area contributed by atoms with Gasteiger partial charge in [0.2, 0.25) is 11.9 Å². The number of rotatable bonds is 5. The van der Waals surface area contributed by atoms with Crippen molar-refractivity contribution in [1.82, 2.24) is 14.4 Å². The van der Waals surface area contributed by atoms with E-state index in [9.17, 15) is 9.59 Å². The highest BCUT2D eigenvalue weighted by Crippen LogP contribution is 2.29. The lowest BCUT2D eigenvalue weighted by atomic mass is 10.1. The fraction of sp³-hybridized carbons (Fsp3) is 0.600. The van der Waals surface area contributed by atoms with E-state index >= 15 is 0 Å². The summed E-state index contributed by atoms with van der Waals surface area (Å²) in [6.07, 6.45) is 2.91. The molecule has 0 spiro atoms. The van der Waals surface area contributed by atoms with Gasteiger partial charge < -0.3 is 4.74 Å². The fourth-order valence-electron chi connectivity index (χ4n) is 3.12. The second-order valence-electron chi connectivity index (χ2n) is 5.83. The molecule has 1 aromatic heterocycles. The van der Waals surface area contributed by atoms with Crippen molar-refractivity contribution in [2.75, 3.05) is 27.3 Å². The summed E-state index contributed by atoms with van der Waals surface area (Å²) in [5, 5.41) is 0. The van der Waals surface area contributed by atoms with Gasteiger partial charge in [-0.15, -0.1) is 0 Å². The normalized spacial score (nSPS) is 20.0. The molecule has 0 bridgehead atoms. The van der Waals surface area contributed by atoms with E-state index in [0.717, 1.165) is 24.6 Å². The highest BCUT2D eigenvalue weighted by atomic mass is 16.5. The lowest BCUT2D eigenvalue weighted by molar-refractivity contribution is -0.677. The molecule has 1 saturated heterocycles. The Morgan fingerprint density at radius 3 is 2.74 bits per heavy atom. The number of methoxy groups -OCH3 is 1. The molecule has 8 nitrogen and oxygen atoms in total. The second-order valence-corrected chi connectivity index (χ2v) is 5.83. The Kier molecular flexibility index (Phi) is 3.93. The SMILES string of the molecule is CCCn1c(C)c[n+]2c1N=C1C2C(=O)N(CCOC)C(=O)N1C. The number of fused-ring (bicyclic) bond motifs is 3. The van der Waals surface area contributed by atoms with Crippen LogP contribution in [0, 0.1) is 6.92 Å². The summed E-state index contributed by atoms with van der Waals surface area (Å²) in [5.74, 6) is 0.973. The van der Waals surface area contributed by atoms with E-state index in [0.29, 0.717) is 12.4 Å². The summed E-state index contributed by atoms with van der Waals surface area (Å²) < 4.78 is 8.95. The number of amidine groups is 1. The monoisotopic (exact) mass is 320 g/mol. The Bertz CT molecular complexity index is 694. The largest absolute Gasteiger partial charge is 0.401 e. The molecule has 0 radical (unpaired) electrons. The van der Waals surface area contributed by atoms with Crippen molar-refractivity contribution in [3.63, 3.8) is 0 Å². The first-order chi connectivity index (χ1) is 11.0. The first-order valence-electron chi connectivity index (χ1n) is 7.79. The molecule has 3 rings (SSSR count). The molecule has 0 saturated carbocycles. The third-order valence-electron chi connectivity index (χ3n) is 4.29. The molecule has 3 amide bonds. The highest BCUT2D eigenvalue weighted by Gasteiger charge is 2.52. The zero-order valence-corrected chi connectivity index (χ0v) is 13.9. The van der Waals surface area contributed by atoms with E-state index < -0.39 is 6.04 Å². The molecule has 23 heavy (non-hydrogen) atoms. The summed E-state index contributed by atoms with van der Waals surface area (Å²) in [5.41, 5.74) is 1.06. The first-order valence-corrected chi connectivity index (χ1v) is 7.79. The van der Waals surface area contributed by atoms with Gasteiger partial charge in [0.25, 0.3) is 5.91 Å². The average Bonchev–Trinajstić information content (AvgIpc) is 3.02. The van der Waals surface area contributed by atoms with Crippen LogP contribution < -0.4 is 4.57 Å². The lowest BCUT2D eigenvalue weighted by Gasteiger charge is -2.32. The zero-order valence-electron chi connectivity index (χ0n) is 13.9. The molecule has 0 N–H and O–H groups in total. The summed E-state index contributed by atoms with van der Waals surface area (Å²) in [6, 6.07) is -0.923. The van der Waals surface area contributed by atoms with Crippen molar-refractivity contribution in [1.29, 1.82) is 0 Å². The maximum absolute atomic E-state index is 12.8. The van der Waals surface area contributed by atoms with Crippen molar-refractivity contribution >= 4 is 23.7 Å². The van der Waals surface area contributed by atoms with Gasteiger partial charge in [0, 0.05) is 14.2 Å². The lowest BCUT2D eigenvalue weighted by Crippen LogP contribution is -2.63. The average molecular weight is 320 g/mol. The molecule has 0 aromatic carbocycles. The molecule has 1 unspecified atom stereocenters.